The first kappa shape index (κ1) is 11.8. The summed E-state index contributed by atoms with van der Waals surface area (Å²) < 4.78 is 0. The van der Waals surface area contributed by atoms with E-state index in [2.05, 4.69) is 15.0 Å². The minimum Gasteiger partial charge on any atom is -0.306 e. The Kier molecular flexibility index (Phi) is 2.67. The lowest BCUT2D eigenvalue weighted by Gasteiger charge is -2.09. The molecular weight excluding hydrogens is 270 g/mol. The van der Waals surface area contributed by atoms with Crippen LogP contribution in [-0.4, -0.2) is 15.0 Å². The molecule has 4 nitrogen and oxygen atoms in total. The number of aryl methyl sites for hydroxylation is 2. The van der Waals surface area contributed by atoms with Crippen LogP contribution in [0.1, 0.15) is 23.3 Å². The number of rotatable bonds is 1. The zero-order chi connectivity index (χ0) is 13.5. The summed E-state index contributed by atoms with van der Waals surface area (Å²) in [6.45, 7) is 0. The second-order valence-corrected chi connectivity index (χ2v) is 6.13. The molecule has 1 aliphatic carbocycles. The first-order chi connectivity index (χ1) is 9.83. The largest absolute Gasteiger partial charge is 0.306 e. The van der Waals surface area contributed by atoms with Crippen molar-refractivity contribution in [1.29, 1.82) is 0 Å². The van der Waals surface area contributed by atoms with Crippen molar-refractivity contribution in [2.24, 2.45) is 0 Å². The van der Waals surface area contributed by atoms with Crippen molar-refractivity contribution < 1.29 is 0 Å². The predicted octanol–water partition coefficient (Wildman–Crippen LogP) is 2.93. The Morgan fingerprint density at radius 2 is 2.15 bits per heavy atom. The van der Waals surface area contributed by atoms with Crippen molar-refractivity contribution >= 4 is 21.6 Å². The number of pyridine rings is 1. The average Bonchev–Trinajstić information content (AvgIpc) is 2.87. The van der Waals surface area contributed by atoms with Crippen LogP contribution in [0.4, 0.5) is 0 Å². The Morgan fingerprint density at radius 1 is 1.25 bits per heavy atom. The summed E-state index contributed by atoms with van der Waals surface area (Å²) in [5.74, 6) is 0.606. The number of fused-ring (bicyclic) bond motifs is 3. The number of aromatic amines is 1. The van der Waals surface area contributed by atoms with Gasteiger partial charge in [-0.15, -0.1) is 11.3 Å². The smallest absolute Gasteiger partial charge is 0.260 e. The Bertz CT molecular complexity index is 835. The van der Waals surface area contributed by atoms with Crippen molar-refractivity contribution in [3.63, 3.8) is 0 Å². The Labute approximate surface area is 119 Å². The molecule has 0 atom stereocenters. The maximum atomic E-state index is 12.4. The lowest BCUT2D eigenvalue weighted by Crippen LogP contribution is -2.11. The van der Waals surface area contributed by atoms with Gasteiger partial charge in [-0.05, 0) is 43.4 Å². The first-order valence-electron chi connectivity index (χ1n) is 6.78. The zero-order valence-electron chi connectivity index (χ0n) is 10.8. The van der Waals surface area contributed by atoms with Gasteiger partial charge in [-0.3, -0.25) is 9.78 Å². The van der Waals surface area contributed by atoms with Crippen molar-refractivity contribution in [2.75, 3.05) is 0 Å². The summed E-state index contributed by atoms with van der Waals surface area (Å²) in [5.41, 5.74) is 2.05. The van der Waals surface area contributed by atoms with Gasteiger partial charge in [0.1, 0.15) is 10.7 Å². The summed E-state index contributed by atoms with van der Waals surface area (Å²) in [7, 11) is 0. The standard InChI is InChI=1S/C15H13N3OS/c19-14-12-10-5-1-2-6-11(10)20-15(12)18-13(17-14)9-4-3-7-16-8-9/h3-4,7-8H,1-2,5-6H2,(H,17,18,19). The van der Waals surface area contributed by atoms with Crippen LogP contribution in [0.25, 0.3) is 21.6 Å². The molecule has 3 heterocycles. The van der Waals surface area contributed by atoms with Crippen LogP contribution in [0.5, 0.6) is 0 Å². The molecule has 3 aromatic rings. The highest BCUT2D eigenvalue weighted by Gasteiger charge is 2.19. The second-order valence-electron chi connectivity index (χ2n) is 5.05. The highest BCUT2D eigenvalue weighted by Crippen LogP contribution is 2.34. The summed E-state index contributed by atoms with van der Waals surface area (Å²) >= 11 is 1.67. The van der Waals surface area contributed by atoms with E-state index in [0.29, 0.717) is 5.82 Å². The van der Waals surface area contributed by atoms with Gasteiger partial charge in [-0.2, -0.15) is 0 Å². The summed E-state index contributed by atoms with van der Waals surface area (Å²) in [4.78, 5) is 26.2. The van der Waals surface area contributed by atoms with E-state index in [0.717, 1.165) is 28.6 Å². The maximum absolute atomic E-state index is 12.4. The average molecular weight is 283 g/mol. The molecule has 100 valence electrons. The van der Waals surface area contributed by atoms with Crippen LogP contribution in [0.15, 0.2) is 29.3 Å². The summed E-state index contributed by atoms with van der Waals surface area (Å²) in [5, 5.41) is 0.803. The molecule has 1 aliphatic rings. The molecule has 0 saturated heterocycles. The number of H-pyrrole nitrogens is 1. The second kappa shape index (κ2) is 4.52. The van der Waals surface area contributed by atoms with E-state index in [4.69, 9.17) is 0 Å². The van der Waals surface area contributed by atoms with Gasteiger partial charge in [0.15, 0.2) is 0 Å². The van der Waals surface area contributed by atoms with Gasteiger partial charge in [0.2, 0.25) is 0 Å². The van der Waals surface area contributed by atoms with E-state index < -0.39 is 0 Å². The van der Waals surface area contributed by atoms with Gasteiger partial charge >= 0.3 is 0 Å². The van der Waals surface area contributed by atoms with Crippen molar-refractivity contribution in [1.82, 2.24) is 15.0 Å². The van der Waals surface area contributed by atoms with Gasteiger partial charge in [-0.1, -0.05) is 0 Å². The molecule has 0 spiro atoms. The highest BCUT2D eigenvalue weighted by molar-refractivity contribution is 7.18. The quantitative estimate of drug-likeness (QED) is 0.747. The van der Waals surface area contributed by atoms with Crippen LogP contribution in [0, 0.1) is 0 Å². The third-order valence-electron chi connectivity index (χ3n) is 3.76. The molecule has 20 heavy (non-hydrogen) atoms. The van der Waals surface area contributed by atoms with Gasteiger partial charge in [0.25, 0.3) is 5.56 Å². The molecule has 0 aliphatic heterocycles. The number of hydrogen-bond acceptors (Lipinski definition) is 4. The fourth-order valence-electron chi connectivity index (χ4n) is 2.80. The third kappa shape index (κ3) is 1.78. The van der Waals surface area contributed by atoms with E-state index in [9.17, 15) is 4.79 Å². The molecule has 0 fully saturated rings. The molecule has 4 rings (SSSR count). The first-order valence-corrected chi connectivity index (χ1v) is 7.59. The molecule has 1 N–H and O–H groups in total. The van der Waals surface area contributed by atoms with Gasteiger partial charge in [0, 0.05) is 22.8 Å². The van der Waals surface area contributed by atoms with E-state index >= 15 is 0 Å². The van der Waals surface area contributed by atoms with E-state index in [1.54, 1.807) is 23.7 Å². The van der Waals surface area contributed by atoms with Crippen molar-refractivity contribution in [3.05, 3.63) is 45.3 Å². The SMILES string of the molecule is O=c1[nH]c(-c2cccnc2)nc2sc3c(c12)CCCC3. The molecule has 3 aromatic heterocycles. The third-order valence-corrected chi connectivity index (χ3v) is 4.95. The number of nitrogens with zero attached hydrogens (tertiary/aromatic N) is 2. The van der Waals surface area contributed by atoms with Gasteiger partial charge in [0.05, 0.1) is 5.39 Å². The molecule has 0 amide bonds. The van der Waals surface area contributed by atoms with Gasteiger partial charge < -0.3 is 4.98 Å². The van der Waals surface area contributed by atoms with Gasteiger partial charge in [-0.25, -0.2) is 4.98 Å². The Hall–Kier alpha value is -2.01. The van der Waals surface area contributed by atoms with E-state index in [1.165, 1.54) is 23.3 Å². The fourth-order valence-corrected chi connectivity index (χ4v) is 4.07. The minimum atomic E-state index is -0.0201. The molecule has 0 bridgehead atoms. The van der Waals surface area contributed by atoms with E-state index in [1.807, 2.05) is 12.1 Å². The highest BCUT2D eigenvalue weighted by atomic mass is 32.1. The Morgan fingerprint density at radius 3 is 3.00 bits per heavy atom. The normalized spacial score (nSPS) is 14.4. The molecule has 0 unspecified atom stereocenters. The monoisotopic (exact) mass is 283 g/mol. The summed E-state index contributed by atoms with van der Waals surface area (Å²) in [6.07, 6.45) is 7.90. The topological polar surface area (TPSA) is 58.6 Å². The molecule has 0 aromatic carbocycles. The number of thiophene rings is 1. The number of aromatic nitrogens is 3. The lowest BCUT2D eigenvalue weighted by molar-refractivity contribution is 0.700. The maximum Gasteiger partial charge on any atom is 0.260 e. The molecular formula is C15H13N3OS. The molecule has 0 radical (unpaired) electrons. The number of nitrogens with one attached hydrogen (secondary N) is 1. The fraction of sp³-hybridized carbons (Fsp3) is 0.267. The van der Waals surface area contributed by atoms with E-state index in [-0.39, 0.29) is 5.56 Å². The van der Waals surface area contributed by atoms with Crippen LogP contribution in [0.3, 0.4) is 0 Å². The predicted molar refractivity (Wildman–Crippen MR) is 80.1 cm³/mol. The minimum absolute atomic E-state index is 0.0201. The Balaban J connectivity index is 1.97. The molecule has 5 heteroatoms. The van der Waals surface area contributed by atoms with Crippen LogP contribution >= 0.6 is 11.3 Å². The lowest BCUT2D eigenvalue weighted by atomic mass is 9.97. The zero-order valence-corrected chi connectivity index (χ0v) is 11.7. The van der Waals surface area contributed by atoms with Crippen molar-refractivity contribution in [3.8, 4) is 11.4 Å². The van der Waals surface area contributed by atoms with Crippen LogP contribution in [0.2, 0.25) is 0 Å². The molecule has 0 saturated carbocycles. The van der Waals surface area contributed by atoms with Crippen LogP contribution < -0.4 is 5.56 Å². The summed E-state index contributed by atoms with van der Waals surface area (Å²) in [6, 6.07) is 3.75. The van der Waals surface area contributed by atoms with Crippen LogP contribution in [-0.2, 0) is 12.8 Å². The van der Waals surface area contributed by atoms with Crippen molar-refractivity contribution in [2.45, 2.75) is 25.7 Å². The number of hydrogen-bond donors (Lipinski definition) is 1.